The molecule has 0 fully saturated rings. The molecule has 80 valence electrons. The van der Waals surface area contributed by atoms with Gasteiger partial charge in [0.25, 0.3) is 0 Å². The summed E-state index contributed by atoms with van der Waals surface area (Å²) in [5, 5.41) is -0.520. The third-order valence-electron chi connectivity index (χ3n) is 1.83. The Bertz CT molecular complexity index is 385. The van der Waals surface area contributed by atoms with Gasteiger partial charge in [0.15, 0.2) is 0 Å². The Hall–Kier alpha value is -1.48. The molecule has 0 amide bonds. The van der Waals surface area contributed by atoms with Crippen LogP contribution in [0.25, 0.3) is 6.08 Å². The molecule has 0 aromatic heterocycles. The summed E-state index contributed by atoms with van der Waals surface area (Å²) in [6.45, 7) is 0. The van der Waals surface area contributed by atoms with Crippen LogP contribution in [-0.4, -0.2) is 19.5 Å². The lowest BCUT2D eigenvalue weighted by Gasteiger charge is -2.06. The molecule has 0 spiro atoms. The molecule has 15 heavy (non-hydrogen) atoms. The van der Waals surface area contributed by atoms with Gasteiger partial charge in [0.2, 0.25) is 5.24 Å². The van der Waals surface area contributed by atoms with Gasteiger partial charge in [0.1, 0.15) is 11.5 Å². The van der Waals surface area contributed by atoms with Crippen molar-refractivity contribution < 1.29 is 14.3 Å². The monoisotopic (exact) mass is 226 g/mol. The summed E-state index contributed by atoms with van der Waals surface area (Å²) in [5.74, 6) is 1.32. The average molecular weight is 227 g/mol. The molecule has 1 aromatic carbocycles. The summed E-state index contributed by atoms with van der Waals surface area (Å²) in [4.78, 5) is 10.6. The van der Waals surface area contributed by atoms with E-state index in [-0.39, 0.29) is 0 Å². The molecule has 3 nitrogen and oxygen atoms in total. The van der Waals surface area contributed by atoms with E-state index in [2.05, 4.69) is 0 Å². The lowest BCUT2D eigenvalue weighted by molar-refractivity contribution is -0.107. The average Bonchev–Trinajstić information content (AvgIpc) is 2.25. The number of carbonyl (C=O) groups excluding carboxylic acids is 1. The summed E-state index contributed by atoms with van der Waals surface area (Å²) in [5.41, 5.74) is 0.771. The van der Waals surface area contributed by atoms with Gasteiger partial charge < -0.3 is 9.47 Å². The van der Waals surface area contributed by atoms with Crippen LogP contribution in [0.5, 0.6) is 11.5 Å². The van der Waals surface area contributed by atoms with E-state index in [0.29, 0.717) is 11.5 Å². The Kier molecular flexibility index (Phi) is 4.18. The zero-order chi connectivity index (χ0) is 11.3. The van der Waals surface area contributed by atoms with Crippen molar-refractivity contribution in [2.75, 3.05) is 14.2 Å². The van der Waals surface area contributed by atoms with Gasteiger partial charge >= 0.3 is 0 Å². The number of methoxy groups -OCH3 is 2. The predicted octanol–water partition coefficient (Wildman–Crippen LogP) is 2.48. The second-order valence-corrected chi connectivity index (χ2v) is 3.12. The van der Waals surface area contributed by atoms with Gasteiger partial charge in [-0.1, -0.05) is 0 Å². The fourth-order valence-corrected chi connectivity index (χ4v) is 1.17. The van der Waals surface area contributed by atoms with E-state index < -0.39 is 5.24 Å². The summed E-state index contributed by atoms with van der Waals surface area (Å²) in [6, 6.07) is 5.30. The number of hydrogen-bond donors (Lipinski definition) is 0. The standard InChI is InChI=1S/C11H11ClO3/c1-14-9-5-3-8(4-6-11(12)13)10(7-9)15-2/h3-7H,1-2H3. The van der Waals surface area contributed by atoms with E-state index in [4.69, 9.17) is 21.1 Å². The molecule has 0 aliphatic heterocycles. The molecule has 0 aliphatic rings. The van der Waals surface area contributed by atoms with Gasteiger partial charge in [-0.25, -0.2) is 0 Å². The number of rotatable bonds is 4. The van der Waals surface area contributed by atoms with Gasteiger partial charge in [0, 0.05) is 11.6 Å². The first-order valence-corrected chi connectivity index (χ1v) is 4.64. The first-order valence-electron chi connectivity index (χ1n) is 4.27. The maximum absolute atomic E-state index is 10.6. The van der Waals surface area contributed by atoms with E-state index >= 15 is 0 Å². The number of allylic oxidation sites excluding steroid dienone is 1. The molecular weight excluding hydrogens is 216 g/mol. The van der Waals surface area contributed by atoms with E-state index in [9.17, 15) is 4.79 Å². The Labute approximate surface area is 93.3 Å². The maximum atomic E-state index is 10.6. The van der Waals surface area contributed by atoms with Crippen LogP contribution in [0.3, 0.4) is 0 Å². The van der Waals surface area contributed by atoms with Crippen molar-refractivity contribution >= 4 is 22.9 Å². The molecule has 0 saturated heterocycles. The van der Waals surface area contributed by atoms with Crippen molar-refractivity contribution in [3.63, 3.8) is 0 Å². The predicted molar refractivity (Wildman–Crippen MR) is 59.4 cm³/mol. The van der Waals surface area contributed by atoms with Gasteiger partial charge in [0.05, 0.1) is 14.2 Å². The van der Waals surface area contributed by atoms with E-state index in [1.165, 1.54) is 6.08 Å². The highest BCUT2D eigenvalue weighted by molar-refractivity contribution is 6.66. The highest BCUT2D eigenvalue weighted by Gasteiger charge is 2.01. The third-order valence-corrected chi connectivity index (χ3v) is 1.96. The first-order chi connectivity index (χ1) is 7.17. The SMILES string of the molecule is COc1ccc(C=CC(=O)Cl)c(OC)c1. The molecule has 0 saturated carbocycles. The number of benzene rings is 1. The minimum Gasteiger partial charge on any atom is -0.497 e. The van der Waals surface area contributed by atoms with Crippen molar-refractivity contribution in [1.82, 2.24) is 0 Å². The van der Waals surface area contributed by atoms with Gasteiger partial charge in [-0.2, -0.15) is 0 Å². The Morgan fingerprint density at radius 1 is 1.33 bits per heavy atom. The minimum absolute atomic E-state index is 0.520. The maximum Gasteiger partial charge on any atom is 0.245 e. The molecule has 1 rings (SSSR count). The zero-order valence-corrected chi connectivity index (χ0v) is 9.25. The van der Waals surface area contributed by atoms with Crippen LogP contribution in [0.4, 0.5) is 0 Å². The first kappa shape index (κ1) is 11.6. The number of ether oxygens (including phenoxy) is 2. The van der Waals surface area contributed by atoms with Crippen molar-refractivity contribution in [3.05, 3.63) is 29.8 Å². The fraction of sp³-hybridized carbons (Fsp3) is 0.182. The Balaban J connectivity index is 3.02. The number of carbonyl (C=O) groups is 1. The highest BCUT2D eigenvalue weighted by atomic mass is 35.5. The van der Waals surface area contributed by atoms with Crippen molar-refractivity contribution in [2.45, 2.75) is 0 Å². The van der Waals surface area contributed by atoms with Crippen LogP contribution in [-0.2, 0) is 4.79 Å². The molecule has 0 heterocycles. The molecular formula is C11H11ClO3. The lowest BCUT2D eigenvalue weighted by atomic mass is 10.2. The molecule has 1 aromatic rings. The molecule has 0 atom stereocenters. The molecule has 0 unspecified atom stereocenters. The zero-order valence-electron chi connectivity index (χ0n) is 8.49. The number of hydrogen-bond acceptors (Lipinski definition) is 3. The largest absolute Gasteiger partial charge is 0.497 e. The molecule has 0 N–H and O–H groups in total. The van der Waals surface area contributed by atoms with Crippen LogP contribution in [0, 0.1) is 0 Å². The van der Waals surface area contributed by atoms with Crippen LogP contribution in [0.2, 0.25) is 0 Å². The second-order valence-electron chi connectivity index (χ2n) is 2.75. The summed E-state index contributed by atoms with van der Waals surface area (Å²) in [7, 11) is 3.13. The summed E-state index contributed by atoms with van der Waals surface area (Å²) >= 11 is 5.19. The van der Waals surface area contributed by atoms with Crippen molar-refractivity contribution in [3.8, 4) is 11.5 Å². The van der Waals surface area contributed by atoms with E-state index in [1.54, 1.807) is 38.5 Å². The quantitative estimate of drug-likeness (QED) is 0.585. The molecule has 0 aliphatic carbocycles. The summed E-state index contributed by atoms with van der Waals surface area (Å²) < 4.78 is 10.2. The number of halogens is 1. The smallest absolute Gasteiger partial charge is 0.245 e. The summed E-state index contributed by atoms with van der Waals surface area (Å²) in [6.07, 6.45) is 2.86. The normalized spacial score (nSPS) is 10.3. The topological polar surface area (TPSA) is 35.5 Å². The molecule has 0 bridgehead atoms. The van der Waals surface area contributed by atoms with Gasteiger partial charge in [-0.05, 0) is 35.9 Å². The lowest BCUT2D eigenvalue weighted by Crippen LogP contribution is -1.89. The van der Waals surface area contributed by atoms with Crippen molar-refractivity contribution in [2.24, 2.45) is 0 Å². The minimum atomic E-state index is -0.520. The fourth-order valence-electron chi connectivity index (χ4n) is 1.11. The second kappa shape index (κ2) is 5.41. The van der Waals surface area contributed by atoms with Gasteiger partial charge in [-0.15, -0.1) is 0 Å². The highest BCUT2D eigenvalue weighted by Crippen LogP contribution is 2.25. The van der Waals surface area contributed by atoms with Crippen LogP contribution in [0.1, 0.15) is 5.56 Å². The Morgan fingerprint density at radius 3 is 2.60 bits per heavy atom. The molecule has 4 heteroatoms. The third kappa shape index (κ3) is 3.29. The van der Waals surface area contributed by atoms with Crippen LogP contribution < -0.4 is 9.47 Å². The van der Waals surface area contributed by atoms with Crippen LogP contribution >= 0.6 is 11.6 Å². The van der Waals surface area contributed by atoms with E-state index in [0.717, 1.165) is 5.56 Å². The van der Waals surface area contributed by atoms with Crippen molar-refractivity contribution in [1.29, 1.82) is 0 Å². The Morgan fingerprint density at radius 2 is 2.07 bits per heavy atom. The van der Waals surface area contributed by atoms with Crippen LogP contribution in [0.15, 0.2) is 24.3 Å². The van der Waals surface area contributed by atoms with Gasteiger partial charge in [-0.3, -0.25) is 4.79 Å². The molecule has 0 radical (unpaired) electrons. The van der Waals surface area contributed by atoms with E-state index in [1.807, 2.05) is 0 Å².